The molecule has 2 N–H and O–H groups in total. The number of hydrogen-bond donors (Lipinski definition) is 2. The molecule has 0 aliphatic carbocycles. The largest absolute Gasteiger partial charge is 0.381 e. The van der Waals surface area contributed by atoms with Gasteiger partial charge in [-0.1, -0.05) is 11.3 Å². The first-order valence-corrected chi connectivity index (χ1v) is 12.2. The molecular formula is C25H30N8O2. The maximum Gasteiger partial charge on any atom is 0.273 e. The summed E-state index contributed by atoms with van der Waals surface area (Å²) in [6.07, 6.45) is 8.22. The van der Waals surface area contributed by atoms with Crippen molar-refractivity contribution in [3.05, 3.63) is 65.0 Å². The second-order valence-corrected chi connectivity index (χ2v) is 9.07. The van der Waals surface area contributed by atoms with Gasteiger partial charge in [0.25, 0.3) is 5.91 Å². The number of nitrogens with one attached hydrogen (secondary N) is 2. The van der Waals surface area contributed by atoms with Gasteiger partial charge in [0, 0.05) is 55.2 Å². The lowest BCUT2D eigenvalue weighted by Gasteiger charge is -2.20. The van der Waals surface area contributed by atoms with Crippen LogP contribution in [0.5, 0.6) is 0 Å². The highest BCUT2D eigenvalue weighted by molar-refractivity contribution is 5.91. The highest BCUT2D eigenvalue weighted by atomic mass is 16.5. The van der Waals surface area contributed by atoms with Crippen LogP contribution in [0.4, 0.5) is 0 Å². The molecule has 5 rings (SSSR count). The van der Waals surface area contributed by atoms with Gasteiger partial charge in [-0.3, -0.25) is 14.5 Å². The molecule has 1 aliphatic heterocycles. The summed E-state index contributed by atoms with van der Waals surface area (Å²) >= 11 is 0. The van der Waals surface area contributed by atoms with E-state index < -0.39 is 0 Å². The Balaban J connectivity index is 1.08. The van der Waals surface area contributed by atoms with Crippen LogP contribution in [0, 0.1) is 6.92 Å². The molecule has 35 heavy (non-hydrogen) atoms. The molecule has 5 heterocycles. The van der Waals surface area contributed by atoms with Crippen molar-refractivity contribution in [2.45, 2.75) is 58.0 Å². The van der Waals surface area contributed by atoms with Gasteiger partial charge in [0.05, 0.1) is 11.9 Å². The fourth-order valence-electron chi connectivity index (χ4n) is 4.31. The van der Waals surface area contributed by atoms with E-state index in [4.69, 9.17) is 4.74 Å². The van der Waals surface area contributed by atoms with Crippen molar-refractivity contribution in [3.8, 4) is 0 Å². The number of nitrogens with zero attached hydrogens (tertiary/aromatic N) is 6. The Hall–Kier alpha value is -3.66. The summed E-state index contributed by atoms with van der Waals surface area (Å²) in [5.74, 6) is 0.266. The van der Waals surface area contributed by atoms with Crippen molar-refractivity contribution >= 4 is 16.9 Å². The number of aromatic amines is 1. The van der Waals surface area contributed by atoms with Gasteiger partial charge in [0.1, 0.15) is 0 Å². The molecule has 10 heteroatoms. The maximum absolute atomic E-state index is 12.4. The van der Waals surface area contributed by atoms with Gasteiger partial charge in [0.2, 0.25) is 0 Å². The average Bonchev–Trinajstić information content (AvgIpc) is 3.54. The molecule has 0 aromatic carbocycles. The fourth-order valence-corrected chi connectivity index (χ4v) is 4.31. The van der Waals surface area contributed by atoms with Crippen LogP contribution in [-0.4, -0.2) is 54.3 Å². The average molecular weight is 475 g/mol. The Morgan fingerprint density at radius 3 is 2.89 bits per heavy atom. The van der Waals surface area contributed by atoms with Gasteiger partial charge in [0.15, 0.2) is 11.3 Å². The zero-order valence-electron chi connectivity index (χ0n) is 19.9. The lowest BCUT2D eigenvalue weighted by atomic mass is 9.97. The van der Waals surface area contributed by atoms with Gasteiger partial charge >= 0.3 is 0 Å². The van der Waals surface area contributed by atoms with Gasteiger partial charge in [-0.15, -0.1) is 10.2 Å². The molecule has 0 spiro atoms. The number of unbranched alkanes of at least 4 members (excludes halogenated alkanes) is 1. The van der Waals surface area contributed by atoms with E-state index in [-0.39, 0.29) is 5.91 Å². The monoisotopic (exact) mass is 474 g/mol. The van der Waals surface area contributed by atoms with Crippen molar-refractivity contribution in [1.29, 1.82) is 0 Å². The Morgan fingerprint density at radius 2 is 2.06 bits per heavy atom. The third-order valence-electron chi connectivity index (χ3n) is 6.38. The molecule has 4 aromatic heterocycles. The summed E-state index contributed by atoms with van der Waals surface area (Å²) in [4.78, 5) is 20.0. The highest BCUT2D eigenvalue weighted by Crippen LogP contribution is 2.28. The molecule has 1 amide bonds. The number of H-pyrrole nitrogens is 1. The molecule has 0 unspecified atom stereocenters. The van der Waals surface area contributed by atoms with E-state index in [9.17, 15) is 4.79 Å². The van der Waals surface area contributed by atoms with Crippen molar-refractivity contribution in [2.75, 3.05) is 13.2 Å². The first kappa shape index (κ1) is 23.1. The summed E-state index contributed by atoms with van der Waals surface area (Å²) in [7, 11) is 0. The number of hydrogen-bond acceptors (Lipinski definition) is 7. The Morgan fingerprint density at radius 1 is 1.17 bits per heavy atom. The fraction of sp³-hybridized carbons (Fsp3) is 0.440. The second kappa shape index (κ2) is 10.7. The molecule has 1 aliphatic rings. The Bertz CT molecular complexity index is 1270. The number of carbonyl (C=O) groups excluding carboxylic acids is 1. The van der Waals surface area contributed by atoms with Crippen molar-refractivity contribution in [3.63, 3.8) is 0 Å². The van der Waals surface area contributed by atoms with E-state index >= 15 is 0 Å². The number of ether oxygens (including phenoxy) is 1. The minimum Gasteiger partial charge on any atom is -0.381 e. The molecule has 4 aromatic rings. The molecule has 0 bridgehead atoms. The van der Waals surface area contributed by atoms with E-state index in [1.165, 1.54) is 5.69 Å². The number of aryl methyl sites for hydroxylation is 3. The SMILES string of the molecule is Cc1ccc(CNC(=O)c2cn(CCCCc3cc4cc(C5CCOCC5)[nH]c4nn3)nn2)cn1. The van der Waals surface area contributed by atoms with Crippen LogP contribution in [0.3, 0.4) is 0 Å². The van der Waals surface area contributed by atoms with Crippen LogP contribution in [0.15, 0.2) is 36.7 Å². The van der Waals surface area contributed by atoms with Crippen LogP contribution in [0.1, 0.15) is 64.7 Å². The number of fused-ring (bicyclic) bond motifs is 1. The van der Waals surface area contributed by atoms with Crippen LogP contribution in [0.2, 0.25) is 0 Å². The van der Waals surface area contributed by atoms with Crippen LogP contribution >= 0.6 is 0 Å². The van der Waals surface area contributed by atoms with Gasteiger partial charge < -0.3 is 15.0 Å². The topological polar surface area (TPSA) is 124 Å². The molecule has 1 fully saturated rings. The van der Waals surface area contributed by atoms with Gasteiger partial charge in [-0.05, 0) is 62.8 Å². The molecule has 0 radical (unpaired) electrons. The molecule has 1 saturated heterocycles. The zero-order valence-corrected chi connectivity index (χ0v) is 19.9. The lowest BCUT2D eigenvalue weighted by Crippen LogP contribution is -2.23. The normalized spacial score (nSPS) is 14.4. The lowest BCUT2D eigenvalue weighted by molar-refractivity contribution is 0.0846. The smallest absolute Gasteiger partial charge is 0.273 e. The predicted octanol–water partition coefficient (Wildman–Crippen LogP) is 3.10. The van der Waals surface area contributed by atoms with E-state index in [1.807, 2.05) is 19.1 Å². The third-order valence-corrected chi connectivity index (χ3v) is 6.38. The minimum atomic E-state index is -0.243. The maximum atomic E-state index is 12.4. The quantitative estimate of drug-likeness (QED) is 0.357. The third kappa shape index (κ3) is 5.89. The van der Waals surface area contributed by atoms with E-state index in [0.717, 1.165) is 73.3 Å². The summed E-state index contributed by atoms with van der Waals surface area (Å²) in [5, 5.41) is 20.8. The summed E-state index contributed by atoms with van der Waals surface area (Å²) < 4.78 is 7.18. The number of carbonyl (C=O) groups is 1. The zero-order chi connectivity index (χ0) is 24.0. The van der Waals surface area contributed by atoms with Crippen LogP contribution in [-0.2, 0) is 24.2 Å². The number of amides is 1. The van der Waals surface area contributed by atoms with E-state index in [0.29, 0.717) is 24.7 Å². The number of pyridine rings is 1. The summed E-state index contributed by atoms with van der Waals surface area (Å²) in [5.41, 5.74) is 5.27. The summed E-state index contributed by atoms with van der Waals surface area (Å²) in [6, 6.07) is 8.21. The summed E-state index contributed by atoms with van der Waals surface area (Å²) in [6.45, 7) is 4.66. The first-order valence-electron chi connectivity index (χ1n) is 12.2. The van der Waals surface area contributed by atoms with Crippen molar-refractivity contribution in [2.24, 2.45) is 0 Å². The molecular weight excluding hydrogens is 444 g/mol. The van der Waals surface area contributed by atoms with Crippen LogP contribution < -0.4 is 5.32 Å². The standard InChI is InChI=1S/C25H30N8O2/c1-17-5-6-18(14-26-17)15-27-25(34)23-16-33(32-30-23)9-3-2-4-21-12-20-13-22(28-24(20)31-29-21)19-7-10-35-11-8-19/h5-6,12-14,16,19H,2-4,7-11,15H2,1H3,(H,27,34)(H,28,31). The van der Waals surface area contributed by atoms with Crippen LogP contribution in [0.25, 0.3) is 11.0 Å². The minimum absolute atomic E-state index is 0.243. The molecule has 0 saturated carbocycles. The Labute approximate surface area is 203 Å². The van der Waals surface area contributed by atoms with Gasteiger partial charge in [-0.2, -0.15) is 5.10 Å². The first-order chi connectivity index (χ1) is 17.1. The Kier molecular flexibility index (Phi) is 7.08. The van der Waals surface area contributed by atoms with Crippen molar-refractivity contribution < 1.29 is 9.53 Å². The number of rotatable bonds is 9. The predicted molar refractivity (Wildman–Crippen MR) is 130 cm³/mol. The van der Waals surface area contributed by atoms with E-state index in [1.54, 1.807) is 17.1 Å². The van der Waals surface area contributed by atoms with Crippen molar-refractivity contribution in [1.82, 2.24) is 40.5 Å². The number of aromatic nitrogens is 7. The molecule has 10 nitrogen and oxygen atoms in total. The molecule has 182 valence electrons. The molecule has 0 atom stereocenters. The highest BCUT2D eigenvalue weighted by Gasteiger charge is 2.18. The second-order valence-electron chi connectivity index (χ2n) is 9.07. The van der Waals surface area contributed by atoms with E-state index in [2.05, 4.69) is 47.9 Å². The van der Waals surface area contributed by atoms with Gasteiger partial charge in [-0.25, -0.2) is 0 Å².